The van der Waals surface area contributed by atoms with Gasteiger partial charge in [0.05, 0.1) is 35.3 Å². The topological polar surface area (TPSA) is 90.2 Å². The third-order valence-corrected chi connectivity index (χ3v) is 6.56. The SMILES string of the molecule is Cc1nn(C)c(C)c1S(=O)(=O)N1CCC[C@H](Oc2ncc(Cl)cn2)C1. The number of rotatable bonds is 4. The molecule has 0 N–H and O–H groups in total. The monoisotopic (exact) mass is 385 g/mol. The molecule has 0 saturated carbocycles. The zero-order chi connectivity index (χ0) is 18.2. The molecule has 1 aliphatic rings. The van der Waals surface area contributed by atoms with Gasteiger partial charge < -0.3 is 4.74 Å². The number of piperidine rings is 1. The van der Waals surface area contributed by atoms with Gasteiger partial charge in [-0.1, -0.05) is 11.6 Å². The summed E-state index contributed by atoms with van der Waals surface area (Å²) in [7, 11) is -1.89. The van der Waals surface area contributed by atoms with Crippen LogP contribution in [-0.2, 0) is 17.1 Å². The summed E-state index contributed by atoms with van der Waals surface area (Å²) in [5.41, 5.74) is 1.13. The summed E-state index contributed by atoms with van der Waals surface area (Å²) in [5, 5.41) is 4.63. The Labute approximate surface area is 151 Å². The second-order valence-corrected chi connectivity index (χ2v) is 8.36. The van der Waals surface area contributed by atoms with Gasteiger partial charge in [0, 0.05) is 13.6 Å². The number of nitrogens with zero attached hydrogens (tertiary/aromatic N) is 5. The number of hydrogen-bond donors (Lipinski definition) is 0. The molecule has 1 fully saturated rings. The molecule has 3 rings (SSSR count). The minimum atomic E-state index is -3.63. The molecule has 1 saturated heterocycles. The van der Waals surface area contributed by atoms with E-state index >= 15 is 0 Å². The third kappa shape index (κ3) is 3.63. The maximum atomic E-state index is 13.1. The van der Waals surface area contributed by atoms with Crippen LogP contribution in [0.25, 0.3) is 0 Å². The maximum Gasteiger partial charge on any atom is 0.316 e. The van der Waals surface area contributed by atoms with E-state index in [4.69, 9.17) is 16.3 Å². The molecule has 0 amide bonds. The standard InChI is InChI=1S/C15H20ClN5O3S/c1-10-14(11(2)20(3)19-10)25(22,23)21-6-4-5-13(9-21)24-15-17-7-12(16)8-18-15/h7-8,13H,4-6,9H2,1-3H3/t13-/m0/s1. The first-order chi connectivity index (χ1) is 11.8. The van der Waals surface area contributed by atoms with E-state index in [-0.39, 0.29) is 23.6 Å². The molecule has 136 valence electrons. The Hall–Kier alpha value is -1.71. The Bertz CT molecular complexity index is 866. The van der Waals surface area contributed by atoms with Crippen LogP contribution in [0, 0.1) is 13.8 Å². The molecule has 0 bridgehead atoms. The molecular formula is C15H20ClN5O3S. The predicted molar refractivity (Wildman–Crippen MR) is 92.1 cm³/mol. The van der Waals surface area contributed by atoms with Crippen LogP contribution in [0.1, 0.15) is 24.2 Å². The van der Waals surface area contributed by atoms with Gasteiger partial charge in [-0.2, -0.15) is 9.40 Å². The van der Waals surface area contributed by atoms with Gasteiger partial charge in [0.2, 0.25) is 10.0 Å². The average Bonchev–Trinajstić information content (AvgIpc) is 2.83. The molecule has 1 atom stereocenters. The average molecular weight is 386 g/mol. The van der Waals surface area contributed by atoms with Crippen molar-refractivity contribution in [3.05, 3.63) is 28.8 Å². The highest BCUT2D eigenvalue weighted by molar-refractivity contribution is 7.89. The van der Waals surface area contributed by atoms with Crippen LogP contribution in [0.15, 0.2) is 17.3 Å². The maximum absolute atomic E-state index is 13.1. The Kier molecular flexibility index (Phi) is 4.99. The first-order valence-electron chi connectivity index (χ1n) is 7.93. The van der Waals surface area contributed by atoms with Gasteiger partial charge in [-0.25, -0.2) is 18.4 Å². The van der Waals surface area contributed by atoms with Crippen molar-refractivity contribution in [3.63, 3.8) is 0 Å². The Morgan fingerprint density at radius 3 is 2.56 bits per heavy atom. The van der Waals surface area contributed by atoms with Crippen LogP contribution in [0.5, 0.6) is 6.01 Å². The van der Waals surface area contributed by atoms with Gasteiger partial charge in [0.1, 0.15) is 11.0 Å². The quantitative estimate of drug-likeness (QED) is 0.795. The molecule has 0 unspecified atom stereocenters. The molecule has 0 spiro atoms. The normalized spacial score (nSPS) is 19.1. The van der Waals surface area contributed by atoms with Crippen molar-refractivity contribution in [3.8, 4) is 6.01 Å². The van der Waals surface area contributed by atoms with E-state index in [0.29, 0.717) is 29.4 Å². The van der Waals surface area contributed by atoms with E-state index in [0.717, 1.165) is 6.42 Å². The van der Waals surface area contributed by atoms with Crippen molar-refractivity contribution in [2.45, 2.75) is 37.7 Å². The number of ether oxygens (including phenoxy) is 1. The first-order valence-corrected chi connectivity index (χ1v) is 9.75. The largest absolute Gasteiger partial charge is 0.459 e. The second-order valence-electron chi connectivity index (χ2n) is 6.05. The molecule has 1 aliphatic heterocycles. The summed E-state index contributed by atoms with van der Waals surface area (Å²) in [6.07, 6.45) is 4.04. The molecule has 2 aromatic rings. The molecule has 3 heterocycles. The Morgan fingerprint density at radius 2 is 1.96 bits per heavy atom. The molecule has 25 heavy (non-hydrogen) atoms. The molecule has 0 aliphatic carbocycles. The third-order valence-electron chi connectivity index (χ3n) is 4.25. The van der Waals surface area contributed by atoms with Gasteiger partial charge in [0.15, 0.2) is 0 Å². The van der Waals surface area contributed by atoms with Crippen LogP contribution in [-0.4, -0.2) is 51.7 Å². The number of halogens is 1. The van der Waals surface area contributed by atoms with E-state index < -0.39 is 10.0 Å². The van der Waals surface area contributed by atoms with Crippen molar-refractivity contribution in [2.75, 3.05) is 13.1 Å². The molecule has 2 aromatic heterocycles. The van der Waals surface area contributed by atoms with Crippen molar-refractivity contribution >= 4 is 21.6 Å². The molecule has 10 heteroatoms. The molecule has 0 aromatic carbocycles. The summed E-state index contributed by atoms with van der Waals surface area (Å²) in [6, 6.07) is 0.197. The van der Waals surface area contributed by atoms with Crippen LogP contribution >= 0.6 is 11.6 Å². The highest BCUT2D eigenvalue weighted by Crippen LogP contribution is 2.26. The van der Waals surface area contributed by atoms with E-state index in [1.807, 2.05) is 0 Å². The lowest BCUT2D eigenvalue weighted by atomic mass is 10.1. The zero-order valence-corrected chi connectivity index (χ0v) is 15.9. The first kappa shape index (κ1) is 18.1. The highest BCUT2D eigenvalue weighted by atomic mass is 35.5. The molecular weight excluding hydrogens is 366 g/mol. The lowest BCUT2D eigenvalue weighted by molar-refractivity contribution is 0.119. The Balaban J connectivity index is 1.79. The zero-order valence-electron chi connectivity index (χ0n) is 14.3. The van der Waals surface area contributed by atoms with Gasteiger partial charge in [-0.15, -0.1) is 0 Å². The van der Waals surface area contributed by atoms with Crippen molar-refractivity contribution in [2.24, 2.45) is 7.05 Å². The highest BCUT2D eigenvalue weighted by Gasteiger charge is 2.35. The van der Waals surface area contributed by atoms with Crippen LogP contribution in [0.2, 0.25) is 5.02 Å². The smallest absolute Gasteiger partial charge is 0.316 e. The van der Waals surface area contributed by atoms with E-state index in [1.165, 1.54) is 16.7 Å². The summed E-state index contributed by atoms with van der Waals surface area (Å²) < 4.78 is 34.9. The number of aryl methyl sites for hydroxylation is 2. The predicted octanol–water partition coefficient (Wildman–Crippen LogP) is 1.71. The Morgan fingerprint density at radius 1 is 1.28 bits per heavy atom. The lowest BCUT2D eigenvalue weighted by Gasteiger charge is -2.31. The minimum absolute atomic E-state index is 0.197. The minimum Gasteiger partial charge on any atom is -0.459 e. The lowest BCUT2D eigenvalue weighted by Crippen LogP contribution is -2.44. The summed E-state index contributed by atoms with van der Waals surface area (Å²) in [6.45, 7) is 4.17. The van der Waals surface area contributed by atoms with Gasteiger partial charge in [-0.3, -0.25) is 4.68 Å². The number of hydrogen-bond acceptors (Lipinski definition) is 6. The van der Waals surface area contributed by atoms with E-state index in [1.54, 1.807) is 25.6 Å². The van der Waals surface area contributed by atoms with Gasteiger partial charge in [0.25, 0.3) is 0 Å². The number of sulfonamides is 1. The van der Waals surface area contributed by atoms with Crippen molar-refractivity contribution in [1.29, 1.82) is 0 Å². The van der Waals surface area contributed by atoms with Crippen molar-refractivity contribution < 1.29 is 13.2 Å². The molecule has 0 radical (unpaired) electrons. The van der Waals surface area contributed by atoms with Crippen LogP contribution < -0.4 is 4.74 Å². The second kappa shape index (κ2) is 6.89. The van der Waals surface area contributed by atoms with Crippen molar-refractivity contribution in [1.82, 2.24) is 24.1 Å². The summed E-state index contributed by atoms with van der Waals surface area (Å²) >= 11 is 5.76. The fourth-order valence-corrected chi connectivity index (χ4v) is 4.99. The number of aromatic nitrogens is 4. The van der Waals surface area contributed by atoms with Crippen LogP contribution in [0.4, 0.5) is 0 Å². The summed E-state index contributed by atoms with van der Waals surface area (Å²) in [5.74, 6) is 0. The fourth-order valence-electron chi connectivity index (χ4n) is 2.99. The van der Waals surface area contributed by atoms with Gasteiger partial charge >= 0.3 is 6.01 Å². The van der Waals surface area contributed by atoms with Crippen LogP contribution in [0.3, 0.4) is 0 Å². The van der Waals surface area contributed by atoms with E-state index in [2.05, 4.69) is 15.1 Å². The summed E-state index contributed by atoms with van der Waals surface area (Å²) in [4.78, 5) is 8.28. The van der Waals surface area contributed by atoms with Gasteiger partial charge in [-0.05, 0) is 26.7 Å². The van der Waals surface area contributed by atoms with E-state index in [9.17, 15) is 8.42 Å². The fraction of sp³-hybridized carbons (Fsp3) is 0.533. The molecule has 8 nitrogen and oxygen atoms in total.